The number of allylic oxidation sites excluding steroid dienone is 2. The fourth-order valence-electron chi connectivity index (χ4n) is 4.29. The van der Waals surface area contributed by atoms with Gasteiger partial charge in [0.15, 0.2) is 11.4 Å². The van der Waals surface area contributed by atoms with Gasteiger partial charge in [-0.05, 0) is 69.9 Å². The van der Waals surface area contributed by atoms with Gasteiger partial charge in [0.05, 0.1) is 0 Å². The SMILES string of the molecule is C/C=C\C(=C/CC)CN1CCC(NC(=O)C(C)(C)Oc2ccc(C(=O)c3ccccc3)cc2)CC1. The number of piperidine rings is 1. The van der Waals surface area contributed by atoms with Crippen LogP contribution in [0.5, 0.6) is 5.75 Å². The molecule has 0 atom stereocenters. The van der Waals surface area contributed by atoms with Crippen molar-refractivity contribution in [2.75, 3.05) is 19.6 Å². The number of ether oxygens (including phenoxy) is 1. The number of ketones is 1. The molecule has 1 heterocycles. The Hall–Kier alpha value is -3.18. The first-order valence-electron chi connectivity index (χ1n) is 12.6. The fourth-order valence-corrected chi connectivity index (χ4v) is 4.29. The van der Waals surface area contributed by atoms with Crippen molar-refractivity contribution in [3.8, 4) is 5.75 Å². The molecule has 1 fully saturated rings. The lowest BCUT2D eigenvalue weighted by Crippen LogP contribution is -2.52. The van der Waals surface area contributed by atoms with Crippen LogP contribution in [0.1, 0.15) is 62.9 Å². The van der Waals surface area contributed by atoms with Crippen molar-refractivity contribution in [1.82, 2.24) is 10.2 Å². The Kier molecular flexibility index (Phi) is 9.44. The van der Waals surface area contributed by atoms with Crippen LogP contribution in [-0.4, -0.2) is 47.9 Å². The Morgan fingerprint density at radius 3 is 2.26 bits per heavy atom. The standard InChI is InChI=1S/C30H38N2O3/c1-5-10-23(11-6-2)22-32-20-18-26(19-21-32)31-29(34)30(3,4)35-27-16-14-25(15-17-27)28(33)24-12-8-7-9-13-24/h5,7-17,26H,6,18-22H2,1-4H3,(H,31,34)/b10-5-,23-11+. The van der Waals surface area contributed by atoms with Crippen LogP contribution in [-0.2, 0) is 4.79 Å². The zero-order valence-corrected chi connectivity index (χ0v) is 21.4. The molecule has 5 nitrogen and oxygen atoms in total. The predicted octanol–water partition coefficient (Wildman–Crippen LogP) is 5.57. The fraction of sp³-hybridized carbons (Fsp3) is 0.400. The number of hydrogen-bond acceptors (Lipinski definition) is 4. The van der Waals surface area contributed by atoms with Crippen molar-refractivity contribution in [3.63, 3.8) is 0 Å². The number of carbonyl (C=O) groups is 2. The van der Waals surface area contributed by atoms with Crippen LogP contribution in [0.15, 0.2) is 78.4 Å². The molecule has 35 heavy (non-hydrogen) atoms. The molecule has 1 aliphatic heterocycles. The van der Waals surface area contributed by atoms with Gasteiger partial charge in [0.25, 0.3) is 5.91 Å². The molecule has 0 spiro atoms. The second-order valence-corrected chi connectivity index (χ2v) is 9.54. The normalized spacial score (nSPS) is 15.8. The van der Waals surface area contributed by atoms with Crippen LogP contribution < -0.4 is 10.1 Å². The summed E-state index contributed by atoms with van der Waals surface area (Å²) in [4.78, 5) is 28.1. The lowest BCUT2D eigenvalue weighted by molar-refractivity contribution is -0.135. The van der Waals surface area contributed by atoms with Gasteiger partial charge in [-0.2, -0.15) is 0 Å². The summed E-state index contributed by atoms with van der Waals surface area (Å²) in [5.74, 6) is 0.396. The predicted molar refractivity (Wildman–Crippen MR) is 142 cm³/mol. The molecule has 2 aromatic carbocycles. The molecule has 186 valence electrons. The van der Waals surface area contributed by atoms with E-state index in [1.165, 1.54) is 5.57 Å². The third-order valence-corrected chi connectivity index (χ3v) is 6.25. The molecule has 1 aliphatic rings. The second kappa shape index (κ2) is 12.5. The topological polar surface area (TPSA) is 58.6 Å². The minimum Gasteiger partial charge on any atom is -0.478 e. The molecule has 0 unspecified atom stereocenters. The molecule has 5 heteroatoms. The number of rotatable bonds is 10. The van der Waals surface area contributed by atoms with Crippen LogP contribution in [0.4, 0.5) is 0 Å². The average molecular weight is 475 g/mol. The van der Waals surface area contributed by atoms with Gasteiger partial charge < -0.3 is 10.1 Å². The summed E-state index contributed by atoms with van der Waals surface area (Å²) in [6.07, 6.45) is 9.43. The number of nitrogens with zero attached hydrogens (tertiary/aromatic N) is 1. The Balaban J connectivity index is 1.51. The maximum absolute atomic E-state index is 13.0. The average Bonchev–Trinajstić information content (AvgIpc) is 2.86. The molecular formula is C30H38N2O3. The zero-order chi connectivity index (χ0) is 25.3. The summed E-state index contributed by atoms with van der Waals surface area (Å²) < 4.78 is 6.02. The smallest absolute Gasteiger partial charge is 0.263 e. The van der Waals surface area contributed by atoms with Crippen molar-refractivity contribution in [2.24, 2.45) is 0 Å². The first-order valence-corrected chi connectivity index (χ1v) is 12.6. The highest BCUT2D eigenvalue weighted by Crippen LogP contribution is 2.22. The van der Waals surface area contributed by atoms with Crippen LogP contribution in [0, 0.1) is 0 Å². The lowest BCUT2D eigenvalue weighted by Gasteiger charge is -2.34. The van der Waals surface area contributed by atoms with Crippen LogP contribution in [0.2, 0.25) is 0 Å². The summed E-state index contributed by atoms with van der Waals surface area (Å²) in [5, 5.41) is 3.18. The molecule has 2 aromatic rings. The van der Waals surface area contributed by atoms with Crippen molar-refractivity contribution >= 4 is 11.7 Å². The number of benzene rings is 2. The molecule has 1 N–H and O–H groups in total. The van der Waals surface area contributed by atoms with E-state index in [-0.39, 0.29) is 17.7 Å². The maximum atomic E-state index is 13.0. The van der Waals surface area contributed by atoms with E-state index in [9.17, 15) is 9.59 Å². The first-order chi connectivity index (χ1) is 16.8. The van der Waals surface area contributed by atoms with Crippen LogP contribution >= 0.6 is 0 Å². The van der Waals surface area contributed by atoms with E-state index < -0.39 is 5.60 Å². The zero-order valence-electron chi connectivity index (χ0n) is 21.4. The summed E-state index contributed by atoms with van der Waals surface area (Å²) in [5.41, 5.74) is 1.56. The van der Waals surface area contributed by atoms with Gasteiger partial charge in [-0.3, -0.25) is 14.5 Å². The lowest BCUT2D eigenvalue weighted by atomic mass is 10.0. The van der Waals surface area contributed by atoms with E-state index in [2.05, 4.69) is 35.4 Å². The number of nitrogens with one attached hydrogen (secondary N) is 1. The van der Waals surface area contributed by atoms with E-state index in [1.54, 1.807) is 50.2 Å². The molecule has 0 saturated carbocycles. The van der Waals surface area contributed by atoms with Crippen molar-refractivity contribution in [3.05, 3.63) is 89.5 Å². The van der Waals surface area contributed by atoms with E-state index in [4.69, 9.17) is 4.74 Å². The monoisotopic (exact) mass is 474 g/mol. The third kappa shape index (κ3) is 7.66. The molecule has 3 rings (SSSR count). The quantitative estimate of drug-likeness (QED) is 0.361. The molecular weight excluding hydrogens is 436 g/mol. The van der Waals surface area contributed by atoms with Gasteiger partial charge >= 0.3 is 0 Å². The van der Waals surface area contributed by atoms with Crippen LogP contribution in [0.3, 0.4) is 0 Å². The molecule has 0 bridgehead atoms. The van der Waals surface area contributed by atoms with Crippen LogP contribution in [0.25, 0.3) is 0 Å². The second-order valence-electron chi connectivity index (χ2n) is 9.54. The van der Waals surface area contributed by atoms with Gasteiger partial charge in [-0.25, -0.2) is 0 Å². The summed E-state index contributed by atoms with van der Waals surface area (Å²) in [6, 6.07) is 16.3. The van der Waals surface area contributed by atoms with Crippen molar-refractivity contribution in [1.29, 1.82) is 0 Å². The third-order valence-electron chi connectivity index (χ3n) is 6.25. The first kappa shape index (κ1) is 26.4. The largest absolute Gasteiger partial charge is 0.478 e. The Bertz CT molecular complexity index is 1030. The molecule has 1 saturated heterocycles. The minimum atomic E-state index is -1.02. The molecule has 1 amide bonds. The maximum Gasteiger partial charge on any atom is 0.263 e. The van der Waals surface area contributed by atoms with E-state index in [0.717, 1.165) is 38.9 Å². The Morgan fingerprint density at radius 2 is 1.66 bits per heavy atom. The van der Waals surface area contributed by atoms with Gasteiger partial charge in [0, 0.05) is 36.8 Å². The van der Waals surface area contributed by atoms with Crippen molar-refractivity contribution < 1.29 is 14.3 Å². The van der Waals surface area contributed by atoms with Gasteiger partial charge in [-0.15, -0.1) is 0 Å². The Morgan fingerprint density at radius 1 is 1.03 bits per heavy atom. The number of amides is 1. The summed E-state index contributed by atoms with van der Waals surface area (Å²) >= 11 is 0. The molecule has 0 aliphatic carbocycles. The van der Waals surface area contributed by atoms with E-state index in [1.807, 2.05) is 25.1 Å². The van der Waals surface area contributed by atoms with Gasteiger partial charge in [-0.1, -0.05) is 55.5 Å². The Labute approximate surface area is 209 Å². The molecule has 0 aromatic heterocycles. The van der Waals surface area contributed by atoms with Gasteiger partial charge in [0.1, 0.15) is 5.75 Å². The summed E-state index contributed by atoms with van der Waals surface area (Å²) in [7, 11) is 0. The summed E-state index contributed by atoms with van der Waals surface area (Å²) in [6.45, 7) is 10.6. The molecule has 0 radical (unpaired) electrons. The highest BCUT2D eigenvalue weighted by Gasteiger charge is 2.32. The number of carbonyl (C=O) groups excluding carboxylic acids is 2. The number of likely N-dealkylation sites (tertiary alicyclic amines) is 1. The van der Waals surface area contributed by atoms with E-state index >= 15 is 0 Å². The number of hydrogen-bond donors (Lipinski definition) is 1. The van der Waals surface area contributed by atoms with E-state index in [0.29, 0.717) is 16.9 Å². The highest BCUT2D eigenvalue weighted by atomic mass is 16.5. The van der Waals surface area contributed by atoms with Gasteiger partial charge in [0.2, 0.25) is 0 Å². The minimum absolute atomic E-state index is 0.0384. The highest BCUT2D eigenvalue weighted by molar-refractivity contribution is 6.09. The van der Waals surface area contributed by atoms with Crippen molar-refractivity contribution in [2.45, 2.75) is 58.6 Å².